The minimum atomic E-state index is -0.942. The Hall–Kier alpha value is -1.62. The van der Waals surface area contributed by atoms with E-state index in [2.05, 4.69) is 0 Å². The largest absolute Gasteiger partial charge is 0.457 e. The Morgan fingerprint density at radius 2 is 1.81 bits per heavy atom. The topological polar surface area (TPSA) is 39.2 Å². The zero-order valence-electron chi connectivity index (χ0n) is 10.5. The Morgan fingerprint density at radius 1 is 1.05 bits per heavy atom. The molecule has 0 fully saturated rings. The van der Waals surface area contributed by atoms with E-state index in [1.807, 2.05) is 0 Å². The number of benzene rings is 2. The van der Waals surface area contributed by atoms with Gasteiger partial charge in [-0.05, 0) is 36.4 Å². The van der Waals surface area contributed by atoms with E-state index in [1.165, 1.54) is 6.07 Å². The molecule has 108 valence electrons. The lowest BCUT2D eigenvalue weighted by Gasteiger charge is -2.10. The van der Waals surface area contributed by atoms with Crippen LogP contribution in [0, 0.1) is 11.6 Å². The molecule has 0 aliphatic heterocycles. The summed E-state index contributed by atoms with van der Waals surface area (Å²) >= 11 is 11.9. The molecular weight excluding hydrogens is 319 g/mol. The van der Waals surface area contributed by atoms with Crippen molar-refractivity contribution in [3.05, 3.63) is 69.4 Å². The predicted molar refractivity (Wildman–Crippen MR) is 78.6 cm³/mol. The van der Waals surface area contributed by atoms with Crippen LogP contribution in [0.1, 0.15) is 17.4 Å². The minimum absolute atomic E-state index is 0.0104. The van der Waals surface area contributed by atoms with E-state index in [4.69, 9.17) is 33.4 Å². The number of fused-ring (bicyclic) bond motifs is 1. The Kier molecular flexibility index (Phi) is 3.61. The highest BCUT2D eigenvalue weighted by Gasteiger charge is 2.19. The quantitative estimate of drug-likeness (QED) is 0.714. The van der Waals surface area contributed by atoms with Gasteiger partial charge in [0.1, 0.15) is 17.4 Å². The van der Waals surface area contributed by atoms with Gasteiger partial charge < -0.3 is 10.2 Å². The summed E-state index contributed by atoms with van der Waals surface area (Å²) < 4.78 is 32.6. The van der Waals surface area contributed by atoms with E-state index in [1.54, 1.807) is 12.1 Å². The summed E-state index contributed by atoms with van der Waals surface area (Å²) in [4.78, 5) is 0. The highest BCUT2D eigenvalue weighted by Crippen LogP contribution is 2.34. The zero-order chi connectivity index (χ0) is 15.1. The van der Waals surface area contributed by atoms with Crippen LogP contribution in [0.25, 0.3) is 11.0 Å². The van der Waals surface area contributed by atoms with Gasteiger partial charge in [-0.15, -0.1) is 0 Å². The average Bonchev–Trinajstić information content (AvgIpc) is 2.85. The maximum Gasteiger partial charge on any atom is 0.153 e. The molecule has 1 unspecified atom stereocenters. The molecule has 1 heterocycles. The molecule has 0 amide bonds. The van der Waals surface area contributed by atoms with Crippen molar-refractivity contribution in [2.75, 3.05) is 0 Å². The van der Waals surface area contributed by atoms with Gasteiger partial charge in [0.15, 0.2) is 5.58 Å². The standard InChI is InChI=1S/C15H9Cl2F2NO/c16-8-3-7-4-13(21-15(7)11(17)5-8)14(20)10-6-9(18)1-2-12(10)19/h1-6,14H,20H2. The van der Waals surface area contributed by atoms with Gasteiger partial charge in [-0.1, -0.05) is 23.2 Å². The maximum absolute atomic E-state index is 13.8. The van der Waals surface area contributed by atoms with E-state index in [0.29, 0.717) is 21.0 Å². The van der Waals surface area contributed by atoms with Crippen molar-refractivity contribution in [1.29, 1.82) is 0 Å². The molecule has 21 heavy (non-hydrogen) atoms. The van der Waals surface area contributed by atoms with Crippen LogP contribution in [0.4, 0.5) is 8.78 Å². The summed E-state index contributed by atoms with van der Waals surface area (Å²) in [6.07, 6.45) is 0. The Morgan fingerprint density at radius 3 is 2.57 bits per heavy atom. The molecule has 2 aromatic carbocycles. The van der Waals surface area contributed by atoms with Crippen molar-refractivity contribution in [2.24, 2.45) is 5.73 Å². The molecule has 1 atom stereocenters. The predicted octanol–water partition coefficient (Wildman–Crippen LogP) is 5.07. The first kappa shape index (κ1) is 14.3. The first-order valence-corrected chi connectivity index (χ1v) is 6.80. The molecule has 0 saturated heterocycles. The summed E-state index contributed by atoms with van der Waals surface area (Å²) in [5, 5.41) is 1.43. The SMILES string of the molecule is NC(c1cc2cc(Cl)cc(Cl)c2o1)c1cc(F)ccc1F. The summed E-state index contributed by atoms with van der Waals surface area (Å²) in [5.41, 5.74) is 6.38. The molecule has 0 bridgehead atoms. The summed E-state index contributed by atoms with van der Waals surface area (Å²) in [7, 11) is 0. The molecule has 2 nitrogen and oxygen atoms in total. The molecular formula is C15H9Cl2F2NO. The molecule has 6 heteroatoms. The summed E-state index contributed by atoms with van der Waals surface area (Å²) in [6.45, 7) is 0. The highest BCUT2D eigenvalue weighted by molar-refractivity contribution is 6.38. The van der Waals surface area contributed by atoms with Crippen LogP contribution in [0.15, 0.2) is 40.8 Å². The Bertz CT molecular complexity index is 832. The third kappa shape index (κ3) is 2.62. The number of hydrogen-bond acceptors (Lipinski definition) is 2. The van der Waals surface area contributed by atoms with Crippen molar-refractivity contribution >= 4 is 34.2 Å². The van der Waals surface area contributed by atoms with Gasteiger partial charge in [-0.2, -0.15) is 0 Å². The molecule has 3 aromatic rings. The molecule has 3 rings (SSSR count). The second kappa shape index (κ2) is 5.30. The third-order valence-corrected chi connectivity index (χ3v) is 3.65. The molecule has 0 aliphatic carbocycles. The number of nitrogens with two attached hydrogens (primary N) is 1. The van der Waals surface area contributed by atoms with Crippen molar-refractivity contribution < 1.29 is 13.2 Å². The molecule has 0 radical (unpaired) electrons. The Labute approximate surface area is 129 Å². The molecule has 0 spiro atoms. The normalized spacial score (nSPS) is 12.8. The van der Waals surface area contributed by atoms with Crippen LogP contribution in [0.2, 0.25) is 10.0 Å². The first-order valence-electron chi connectivity index (χ1n) is 6.04. The van der Waals surface area contributed by atoms with Crippen molar-refractivity contribution in [3.8, 4) is 0 Å². The summed E-state index contributed by atoms with van der Waals surface area (Å²) in [5.74, 6) is -0.897. The van der Waals surface area contributed by atoms with E-state index in [0.717, 1.165) is 18.2 Å². The number of rotatable bonds is 2. The van der Waals surface area contributed by atoms with Crippen molar-refractivity contribution in [2.45, 2.75) is 6.04 Å². The molecule has 2 N–H and O–H groups in total. The fraction of sp³-hybridized carbons (Fsp3) is 0.0667. The molecule has 0 aliphatic rings. The van der Waals surface area contributed by atoms with Crippen LogP contribution >= 0.6 is 23.2 Å². The van der Waals surface area contributed by atoms with Gasteiger partial charge in [-0.3, -0.25) is 0 Å². The fourth-order valence-electron chi connectivity index (χ4n) is 2.16. The van der Waals surface area contributed by atoms with Crippen LogP contribution in [-0.2, 0) is 0 Å². The van der Waals surface area contributed by atoms with Gasteiger partial charge in [0.25, 0.3) is 0 Å². The second-order valence-electron chi connectivity index (χ2n) is 4.60. The maximum atomic E-state index is 13.8. The van der Waals surface area contributed by atoms with Crippen LogP contribution < -0.4 is 5.73 Å². The first-order chi connectivity index (χ1) is 9.95. The third-order valence-electron chi connectivity index (χ3n) is 3.15. The minimum Gasteiger partial charge on any atom is -0.457 e. The van der Waals surface area contributed by atoms with Crippen molar-refractivity contribution in [3.63, 3.8) is 0 Å². The van der Waals surface area contributed by atoms with Crippen LogP contribution in [-0.4, -0.2) is 0 Å². The van der Waals surface area contributed by atoms with Crippen LogP contribution in [0.5, 0.6) is 0 Å². The van der Waals surface area contributed by atoms with E-state index in [-0.39, 0.29) is 11.3 Å². The molecule has 1 aromatic heterocycles. The van der Waals surface area contributed by atoms with Gasteiger partial charge in [-0.25, -0.2) is 8.78 Å². The van der Waals surface area contributed by atoms with E-state index < -0.39 is 17.7 Å². The van der Waals surface area contributed by atoms with Crippen molar-refractivity contribution in [1.82, 2.24) is 0 Å². The monoisotopic (exact) mass is 327 g/mol. The fourth-order valence-corrected chi connectivity index (χ4v) is 2.70. The van der Waals surface area contributed by atoms with E-state index >= 15 is 0 Å². The smallest absolute Gasteiger partial charge is 0.153 e. The van der Waals surface area contributed by atoms with Gasteiger partial charge in [0.2, 0.25) is 0 Å². The number of furan rings is 1. The number of halogens is 4. The number of hydrogen-bond donors (Lipinski definition) is 1. The lowest BCUT2D eigenvalue weighted by molar-refractivity contribution is 0.506. The highest BCUT2D eigenvalue weighted by atomic mass is 35.5. The van der Waals surface area contributed by atoms with Gasteiger partial charge in [0.05, 0.1) is 11.1 Å². The van der Waals surface area contributed by atoms with Gasteiger partial charge >= 0.3 is 0 Å². The Balaban J connectivity index is 2.11. The average molecular weight is 328 g/mol. The van der Waals surface area contributed by atoms with Crippen LogP contribution in [0.3, 0.4) is 0 Å². The zero-order valence-corrected chi connectivity index (χ0v) is 12.1. The lowest BCUT2D eigenvalue weighted by atomic mass is 10.0. The van der Waals surface area contributed by atoms with Gasteiger partial charge in [0, 0.05) is 16.0 Å². The lowest BCUT2D eigenvalue weighted by Crippen LogP contribution is -2.13. The van der Waals surface area contributed by atoms with E-state index in [9.17, 15) is 8.78 Å². The molecule has 0 saturated carbocycles. The second-order valence-corrected chi connectivity index (χ2v) is 5.44. The summed E-state index contributed by atoms with van der Waals surface area (Å²) in [6, 6.07) is 6.96.